The number of nitrogens with one attached hydrogen (secondary N) is 2. The molecule has 49 heavy (non-hydrogen) atoms. The van der Waals surface area contributed by atoms with Crippen molar-refractivity contribution in [3.05, 3.63) is 78.4 Å². The minimum Gasteiger partial charge on any atom is -0.497 e. The predicted molar refractivity (Wildman–Crippen MR) is 196 cm³/mol. The molecule has 2 N–H and O–H groups in total. The third-order valence-electron chi connectivity index (χ3n) is 8.26. The molecule has 0 radical (unpaired) electrons. The lowest BCUT2D eigenvalue weighted by Crippen LogP contribution is -2.56. The standard InChI is InChI=1S/C36H46N3O7PS2/c1-23(2)32(37-33(40)25-10-12-26(44-5)13-11-25)36(42)39-22-8-9-31(39)34(41)38-35(24(3)4)47(43,45-27-14-18-29(48-6)19-15-27)46-28-16-20-30(49-7)21-17-28/h10-21,23-24,31-32,35H,8-9,22H2,1-7H3,(H,37,40)(H,38,41)/t31-,32-,35+/m0/s1. The molecule has 4 rings (SSSR count). The summed E-state index contributed by atoms with van der Waals surface area (Å²) < 4.78 is 32.4. The largest absolute Gasteiger partial charge is 0.497 e. The number of amides is 3. The predicted octanol–water partition coefficient (Wildman–Crippen LogP) is 7.33. The van der Waals surface area contributed by atoms with Gasteiger partial charge in [0.15, 0.2) is 5.78 Å². The minimum absolute atomic E-state index is 0.251. The van der Waals surface area contributed by atoms with Gasteiger partial charge in [-0.1, -0.05) is 27.7 Å². The minimum atomic E-state index is -4.12. The van der Waals surface area contributed by atoms with Crippen molar-refractivity contribution in [2.75, 3.05) is 26.2 Å². The lowest BCUT2D eigenvalue weighted by molar-refractivity contribution is -0.140. The molecule has 1 aliphatic heterocycles. The van der Waals surface area contributed by atoms with Gasteiger partial charge in [0.2, 0.25) is 11.8 Å². The van der Waals surface area contributed by atoms with Crippen LogP contribution < -0.4 is 24.4 Å². The van der Waals surface area contributed by atoms with Gasteiger partial charge in [0.05, 0.1) is 7.11 Å². The molecule has 3 amide bonds. The van der Waals surface area contributed by atoms with Crippen LogP contribution in [0.5, 0.6) is 17.2 Å². The summed E-state index contributed by atoms with van der Waals surface area (Å²) in [6.45, 7) is 7.70. The second kappa shape index (κ2) is 17.4. The Morgan fingerprint density at radius 3 is 1.73 bits per heavy atom. The number of ether oxygens (including phenoxy) is 1. The highest BCUT2D eigenvalue weighted by Crippen LogP contribution is 2.54. The van der Waals surface area contributed by atoms with E-state index < -0.39 is 37.3 Å². The van der Waals surface area contributed by atoms with E-state index in [4.69, 9.17) is 13.8 Å². The van der Waals surface area contributed by atoms with Crippen LogP contribution in [0.15, 0.2) is 82.6 Å². The molecule has 0 aromatic heterocycles. The monoisotopic (exact) mass is 727 g/mol. The van der Waals surface area contributed by atoms with E-state index in [1.807, 2.05) is 64.5 Å². The Morgan fingerprint density at radius 1 is 0.776 bits per heavy atom. The number of methoxy groups -OCH3 is 1. The maximum Gasteiger partial charge on any atom is 0.453 e. The fourth-order valence-corrected chi connectivity index (χ4v) is 8.44. The average Bonchev–Trinajstić information content (AvgIpc) is 3.60. The average molecular weight is 728 g/mol. The highest BCUT2D eigenvalue weighted by Gasteiger charge is 2.46. The fraction of sp³-hybridized carbons (Fsp3) is 0.417. The van der Waals surface area contributed by atoms with Crippen molar-refractivity contribution in [3.63, 3.8) is 0 Å². The van der Waals surface area contributed by atoms with E-state index in [-0.39, 0.29) is 17.7 Å². The number of hydrogen-bond acceptors (Lipinski definition) is 9. The second-order valence-corrected chi connectivity index (χ2v) is 16.1. The van der Waals surface area contributed by atoms with Gasteiger partial charge in [-0.15, -0.1) is 23.5 Å². The van der Waals surface area contributed by atoms with Gasteiger partial charge < -0.3 is 29.3 Å². The van der Waals surface area contributed by atoms with E-state index in [0.29, 0.717) is 42.2 Å². The highest BCUT2D eigenvalue weighted by atomic mass is 32.2. The van der Waals surface area contributed by atoms with Crippen molar-refractivity contribution in [1.29, 1.82) is 0 Å². The molecule has 0 saturated carbocycles. The van der Waals surface area contributed by atoms with Crippen LogP contribution in [0, 0.1) is 11.8 Å². The van der Waals surface area contributed by atoms with Crippen molar-refractivity contribution >= 4 is 48.8 Å². The Balaban J connectivity index is 1.57. The summed E-state index contributed by atoms with van der Waals surface area (Å²) in [6.07, 6.45) is 4.93. The number of nitrogens with zero attached hydrogens (tertiary/aromatic N) is 1. The van der Waals surface area contributed by atoms with Gasteiger partial charge >= 0.3 is 7.60 Å². The molecule has 1 heterocycles. The van der Waals surface area contributed by atoms with Gasteiger partial charge in [-0.2, -0.15) is 0 Å². The molecular formula is C36H46N3O7PS2. The number of thioether (sulfide) groups is 2. The zero-order valence-corrected chi connectivity index (χ0v) is 31.5. The van der Waals surface area contributed by atoms with E-state index >= 15 is 0 Å². The summed E-state index contributed by atoms with van der Waals surface area (Å²) in [6, 6.07) is 19.3. The van der Waals surface area contributed by atoms with Gasteiger partial charge in [-0.05, 0) is 110 Å². The van der Waals surface area contributed by atoms with Gasteiger partial charge in [-0.3, -0.25) is 14.4 Å². The maximum absolute atomic E-state index is 14.9. The first-order valence-corrected chi connectivity index (χ1v) is 20.3. The first kappa shape index (κ1) is 38.2. The maximum atomic E-state index is 14.9. The van der Waals surface area contributed by atoms with Crippen LogP contribution in [-0.4, -0.2) is 66.7 Å². The summed E-state index contributed by atoms with van der Waals surface area (Å²) in [5.74, 6) is -1.59. The van der Waals surface area contributed by atoms with E-state index in [2.05, 4.69) is 10.6 Å². The van der Waals surface area contributed by atoms with E-state index in [9.17, 15) is 18.9 Å². The molecule has 3 aromatic rings. The van der Waals surface area contributed by atoms with Crippen LogP contribution in [0.1, 0.15) is 50.9 Å². The Kier molecular flexibility index (Phi) is 13.5. The molecule has 3 atom stereocenters. The van der Waals surface area contributed by atoms with Crippen molar-refractivity contribution < 1.29 is 32.7 Å². The molecule has 0 unspecified atom stereocenters. The fourth-order valence-electron chi connectivity index (χ4n) is 5.51. The molecule has 0 bridgehead atoms. The molecule has 13 heteroatoms. The zero-order chi connectivity index (χ0) is 35.7. The summed E-state index contributed by atoms with van der Waals surface area (Å²) in [4.78, 5) is 44.7. The molecule has 1 saturated heterocycles. The Bertz CT molecular complexity index is 1570. The van der Waals surface area contributed by atoms with Crippen LogP contribution >= 0.6 is 31.1 Å². The van der Waals surface area contributed by atoms with Gasteiger partial charge in [0.1, 0.15) is 29.3 Å². The molecule has 0 spiro atoms. The molecule has 10 nitrogen and oxygen atoms in total. The Hall–Kier alpha value is -3.60. The normalized spacial score (nSPS) is 15.9. The molecule has 0 aliphatic carbocycles. The summed E-state index contributed by atoms with van der Waals surface area (Å²) in [5.41, 5.74) is 0.386. The smallest absolute Gasteiger partial charge is 0.453 e. The van der Waals surface area contributed by atoms with Crippen LogP contribution in [0.25, 0.3) is 0 Å². The van der Waals surface area contributed by atoms with E-state index in [0.717, 1.165) is 9.79 Å². The van der Waals surface area contributed by atoms with Crippen molar-refractivity contribution in [3.8, 4) is 17.2 Å². The van der Waals surface area contributed by atoms with Crippen molar-refractivity contribution in [1.82, 2.24) is 15.5 Å². The molecule has 1 fully saturated rings. The quantitative estimate of drug-likeness (QED) is 0.122. The molecule has 1 aliphatic rings. The van der Waals surface area contributed by atoms with Gasteiger partial charge in [0, 0.05) is 21.9 Å². The van der Waals surface area contributed by atoms with Crippen molar-refractivity contribution in [2.24, 2.45) is 11.8 Å². The van der Waals surface area contributed by atoms with Crippen LogP contribution in [0.4, 0.5) is 0 Å². The number of benzene rings is 3. The topological polar surface area (TPSA) is 123 Å². The van der Waals surface area contributed by atoms with Gasteiger partial charge in [0.25, 0.3) is 5.91 Å². The zero-order valence-electron chi connectivity index (χ0n) is 29.0. The van der Waals surface area contributed by atoms with Crippen LogP contribution in [0.3, 0.4) is 0 Å². The lowest BCUT2D eigenvalue weighted by Gasteiger charge is -2.34. The number of hydrogen-bond donors (Lipinski definition) is 2. The van der Waals surface area contributed by atoms with Crippen molar-refractivity contribution in [2.45, 2.75) is 68.2 Å². The lowest BCUT2D eigenvalue weighted by atomic mass is 10.0. The van der Waals surface area contributed by atoms with Gasteiger partial charge in [-0.25, -0.2) is 4.57 Å². The third kappa shape index (κ3) is 9.77. The molecule has 264 valence electrons. The number of carbonyl (C=O) groups is 3. The number of carbonyl (C=O) groups excluding carboxylic acids is 3. The van der Waals surface area contributed by atoms with E-state index in [1.54, 1.807) is 79.2 Å². The second-order valence-electron chi connectivity index (χ2n) is 12.4. The summed E-state index contributed by atoms with van der Waals surface area (Å²) in [5, 5.41) is 5.83. The first-order valence-electron chi connectivity index (χ1n) is 16.2. The molecular weight excluding hydrogens is 682 g/mol. The SMILES string of the molecule is COc1ccc(C(=O)N[C@H](C(=O)N2CCC[C@H]2C(=O)N[C@@H](C(C)C)P(=O)(Oc2ccc(SC)cc2)Oc2ccc(SC)cc2)C(C)C)cc1. The third-order valence-corrected chi connectivity index (χ3v) is 12.1. The van der Waals surface area contributed by atoms with Crippen LogP contribution in [-0.2, 0) is 14.2 Å². The highest BCUT2D eigenvalue weighted by molar-refractivity contribution is 7.98. The Morgan fingerprint density at radius 2 is 1.29 bits per heavy atom. The number of rotatable bonds is 15. The number of likely N-dealkylation sites (tertiary alicyclic amines) is 1. The Labute approximate surface area is 298 Å². The first-order chi connectivity index (χ1) is 23.4. The summed E-state index contributed by atoms with van der Waals surface area (Å²) >= 11 is 3.14. The van der Waals surface area contributed by atoms with E-state index in [1.165, 1.54) is 4.90 Å². The summed E-state index contributed by atoms with van der Waals surface area (Å²) in [7, 11) is -2.58. The van der Waals surface area contributed by atoms with Crippen LogP contribution in [0.2, 0.25) is 0 Å². The molecule has 3 aromatic carbocycles.